The minimum Gasteiger partial charge on any atom is -0.497 e. The first-order valence-electron chi connectivity index (χ1n) is 6.30. The van der Waals surface area contributed by atoms with Crippen LogP contribution in [0.25, 0.3) is 0 Å². The highest BCUT2D eigenvalue weighted by atomic mass is 16.5. The van der Waals surface area contributed by atoms with Gasteiger partial charge < -0.3 is 14.6 Å². The maximum atomic E-state index is 8.95. The zero-order valence-electron chi connectivity index (χ0n) is 11.3. The van der Waals surface area contributed by atoms with Gasteiger partial charge in [-0.1, -0.05) is 0 Å². The van der Waals surface area contributed by atoms with Crippen molar-refractivity contribution in [3.63, 3.8) is 0 Å². The Balaban J connectivity index is 2.26. The van der Waals surface area contributed by atoms with Gasteiger partial charge in [0.05, 0.1) is 13.7 Å². The van der Waals surface area contributed by atoms with Crippen LogP contribution in [0, 0.1) is 0 Å². The lowest BCUT2D eigenvalue weighted by Crippen LogP contribution is -2.21. The summed E-state index contributed by atoms with van der Waals surface area (Å²) in [5.41, 5.74) is 2.35. The predicted octanol–water partition coefficient (Wildman–Crippen LogP) is 1.44. The molecule has 0 radical (unpaired) electrons. The van der Waals surface area contributed by atoms with Crippen LogP contribution in [0.2, 0.25) is 0 Å². The van der Waals surface area contributed by atoms with Crippen molar-refractivity contribution in [1.29, 1.82) is 0 Å². The quantitative estimate of drug-likeness (QED) is 0.860. The Bertz CT molecular complexity index is 420. The zero-order chi connectivity index (χ0) is 13.1. The smallest absolute Gasteiger partial charge is 0.127 e. The molecule has 0 saturated heterocycles. The molecule has 0 amide bonds. The van der Waals surface area contributed by atoms with Gasteiger partial charge in [0.25, 0.3) is 0 Å². The van der Waals surface area contributed by atoms with E-state index in [-0.39, 0.29) is 12.7 Å². The molecule has 18 heavy (non-hydrogen) atoms. The van der Waals surface area contributed by atoms with Crippen molar-refractivity contribution < 1.29 is 14.6 Å². The van der Waals surface area contributed by atoms with Crippen molar-refractivity contribution >= 4 is 0 Å². The van der Waals surface area contributed by atoms with Gasteiger partial charge in [0.2, 0.25) is 0 Å². The monoisotopic (exact) mass is 251 g/mol. The third-order valence-electron chi connectivity index (χ3n) is 3.20. The molecule has 1 N–H and O–H groups in total. The van der Waals surface area contributed by atoms with Crippen LogP contribution in [-0.2, 0) is 13.0 Å². The maximum Gasteiger partial charge on any atom is 0.127 e. The molecule has 100 valence electrons. The maximum absolute atomic E-state index is 8.95. The molecular formula is C14H21NO3. The van der Waals surface area contributed by atoms with E-state index in [2.05, 4.69) is 11.8 Å². The van der Waals surface area contributed by atoms with Gasteiger partial charge >= 0.3 is 0 Å². The van der Waals surface area contributed by atoms with E-state index < -0.39 is 0 Å². The Kier molecular flexibility index (Phi) is 4.09. The van der Waals surface area contributed by atoms with E-state index >= 15 is 0 Å². The largest absolute Gasteiger partial charge is 0.497 e. The van der Waals surface area contributed by atoms with E-state index in [1.165, 1.54) is 5.56 Å². The lowest BCUT2D eigenvalue weighted by molar-refractivity contribution is 0.211. The molecule has 4 nitrogen and oxygen atoms in total. The Labute approximate surface area is 108 Å². The molecule has 0 aromatic heterocycles. The molecule has 1 aromatic carbocycles. The van der Waals surface area contributed by atoms with E-state index in [0.29, 0.717) is 6.54 Å². The van der Waals surface area contributed by atoms with Crippen LogP contribution in [0.4, 0.5) is 0 Å². The summed E-state index contributed by atoms with van der Waals surface area (Å²) in [6, 6.07) is 4.07. The molecular weight excluding hydrogens is 230 g/mol. The summed E-state index contributed by atoms with van der Waals surface area (Å²) in [7, 11) is 3.67. The van der Waals surface area contributed by atoms with Crippen LogP contribution in [0.15, 0.2) is 12.1 Å². The first-order valence-corrected chi connectivity index (χ1v) is 6.30. The topological polar surface area (TPSA) is 41.9 Å². The van der Waals surface area contributed by atoms with Gasteiger partial charge in [-0.05, 0) is 26.1 Å². The molecule has 1 aromatic rings. The lowest BCUT2D eigenvalue weighted by atomic mass is 10.1. The molecule has 0 aliphatic carbocycles. The van der Waals surface area contributed by atoms with Crippen LogP contribution in [-0.4, -0.2) is 43.4 Å². The van der Waals surface area contributed by atoms with Crippen molar-refractivity contribution in [1.82, 2.24) is 4.90 Å². The highest BCUT2D eigenvalue weighted by molar-refractivity contribution is 5.49. The number of aliphatic hydroxyl groups is 1. The van der Waals surface area contributed by atoms with Gasteiger partial charge in [-0.2, -0.15) is 0 Å². The van der Waals surface area contributed by atoms with Gasteiger partial charge in [0.15, 0.2) is 0 Å². The second-order valence-corrected chi connectivity index (χ2v) is 4.87. The summed E-state index contributed by atoms with van der Waals surface area (Å²) in [6.45, 7) is 3.65. The Hall–Kier alpha value is -1.26. The van der Waals surface area contributed by atoms with E-state index in [1.807, 2.05) is 19.2 Å². The predicted molar refractivity (Wildman–Crippen MR) is 70.2 cm³/mol. The number of aliphatic hydroxyl groups excluding tert-OH is 1. The van der Waals surface area contributed by atoms with Crippen molar-refractivity contribution in [2.75, 3.05) is 27.3 Å². The van der Waals surface area contributed by atoms with Gasteiger partial charge in [-0.15, -0.1) is 0 Å². The fourth-order valence-electron chi connectivity index (χ4n) is 2.35. The summed E-state index contributed by atoms with van der Waals surface area (Å²) < 4.78 is 11.2. The molecule has 4 heteroatoms. The van der Waals surface area contributed by atoms with Crippen molar-refractivity contribution in [3.8, 4) is 11.5 Å². The minimum absolute atomic E-state index is 0.167. The molecule has 2 rings (SSSR count). The van der Waals surface area contributed by atoms with Crippen LogP contribution in [0.5, 0.6) is 11.5 Å². The number of nitrogens with zero attached hydrogens (tertiary/aromatic N) is 1. The van der Waals surface area contributed by atoms with E-state index in [1.54, 1.807) is 7.11 Å². The van der Waals surface area contributed by atoms with Crippen molar-refractivity contribution in [3.05, 3.63) is 23.3 Å². The fraction of sp³-hybridized carbons (Fsp3) is 0.571. The van der Waals surface area contributed by atoms with E-state index in [0.717, 1.165) is 30.0 Å². The number of ether oxygens (including phenoxy) is 2. The van der Waals surface area contributed by atoms with Crippen LogP contribution >= 0.6 is 0 Å². The Morgan fingerprint density at radius 3 is 2.94 bits per heavy atom. The third kappa shape index (κ3) is 2.76. The third-order valence-corrected chi connectivity index (χ3v) is 3.20. The number of hydrogen-bond donors (Lipinski definition) is 1. The van der Waals surface area contributed by atoms with Crippen molar-refractivity contribution in [2.45, 2.75) is 26.0 Å². The van der Waals surface area contributed by atoms with Crippen LogP contribution in [0.3, 0.4) is 0 Å². The Morgan fingerprint density at radius 1 is 1.50 bits per heavy atom. The number of hydrogen-bond acceptors (Lipinski definition) is 4. The molecule has 0 bridgehead atoms. The molecule has 1 heterocycles. The summed E-state index contributed by atoms with van der Waals surface area (Å²) in [6.07, 6.45) is 1.16. The van der Waals surface area contributed by atoms with Gasteiger partial charge in [0, 0.05) is 30.6 Å². The number of fused-ring (bicyclic) bond motifs is 1. The second kappa shape index (κ2) is 5.59. The number of likely N-dealkylation sites (N-methyl/N-ethyl adjacent to an activating group) is 1. The van der Waals surface area contributed by atoms with Crippen molar-refractivity contribution in [2.24, 2.45) is 0 Å². The van der Waals surface area contributed by atoms with E-state index in [9.17, 15) is 0 Å². The summed E-state index contributed by atoms with van der Waals surface area (Å²) in [4.78, 5) is 2.07. The molecule has 1 aliphatic heterocycles. The first kappa shape index (κ1) is 13.2. The van der Waals surface area contributed by atoms with Gasteiger partial charge in [0.1, 0.15) is 17.6 Å². The van der Waals surface area contributed by atoms with E-state index in [4.69, 9.17) is 14.6 Å². The average molecular weight is 251 g/mol. The molecule has 1 unspecified atom stereocenters. The molecule has 1 atom stereocenters. The van der Waals surface area contributed by atoms with Crippen LogP contribution < -0.4 is 9.47 Å². The summed E-state index contributed by atoms with van der Waals surface area (Å²) in [5.74, 6) is 1.87. The fourth-order valence-corrected chi connectivity index (χ4v) is 2.35. The number of benzene rings is 1. The lowest BCUT2D eigenvalue weighted by Gasteiger charge is -2.18. The minimum atomic E-state index is 0.167. The number of rotatable bonds is 5. The molecule has 0 spiro atoms. The standard InChI is InChI=1S/C14H21NO3/c1-10-6-11-7-13(17-3)8-12(14(11)18-10)9-15(2)4-5-16/h7-8,10,16H,4-6,9H2,1-3H3. The first-order chi connectivity index (χ1) is 8.63. The summed E-state index contributed by atoms with van der Waals surface area (Å²) >= 11 is 0. The van der Waals surface area contributed by atoms with Crippen LogP contribution in [0.1, 0.15) is 18.1 Å². The molecule has 0 fully saturated rings. The highest BCUT2D eigenvalue weighted by Gasteiger charge is 2.23. The summed E-state index contributed by atoms with van der Waals surface area (Å²) in [5, 5.41) is 8.95. The average Bonchev–Trinajstić information content (AvgIpc) is 2.69. The Morgan fingerprint density at radius 2 is 2.28 bits per heavy atom. The molecule has 0 saturated carbocycles. The molecule has 1 aliphatic rings. The SMILES string of the molecule is COc1cc2c(c(CN(C)CCO)c1)OC(C)C2. The zero-order valence-corrected chi connectivity index (χ0v) is 11.3. The van der Waals surface area contributed by atoms with Gasteiger partial charge in [-0.3, -0.25) is 4.90 Å². The second-order valence-electron chi connectivity index (χ2n) is 4.87. The highest BCUT2D eigenvalue weighted by Crippen LogP contribution is 2.36. The van der Waals surface area contributed by atoms with Gasteiger partial charge in [-0.25, -0.2) is 0 Å². The normalized spacial score (nSPS) is 17.7. The number of methoxy groups -OCH3 is 1.